The minimum atomic E-state index is -3.65. The zero-order valence-corrected chi connectivity index (χ0v) is 16.6. The molecule has 0 N–H and O–H groups in total. The minimum Gasteiger partial charge on any atom is -0.272 e. The second kappa shape index (κ2) is 8.10. The predicted octanol–water partition coefficient (Wildman–Crippen LogP) is 3.12. The largest absolute Gasteiger partial charge is 0.272 e. The lowest BCUT2D eigenvalue weighted by Gasteiger charge is -2.22. The van der Waals surface area contributed by atoms with Crippen LogP contribution in [0.4, 0.5) is 0 Å². The predicted molar refractivity (Wildman–Crippen MR) is 98.8 cm³/mol. The highest BCUT2D eigenvalue weighted by Gasteiger charge is 2.28. The molecule has 2 heterocycles. The normalized spacial score (nSPS) is 12.1. The molecule has 0 spiro atoms. The smallest absolute Gasteiger partial charge is 0.261 e. The van der Waals surface area contributed by atoms with Gasteiger partial charge in [-0.15, -0.1) is 0 Å². The van der Waals surface area contributed by atoms with Gasteiger partial charge in [0.2, 0.25) is 0 Å². The standard InChI is InChI=1S/C18H28N4O2S/c1-6-7-8-12-22(13-17-15(3)20-21(5)16(17)4)25(23,24)18-14(2)10-9-11-19-18/h9-11H,6-8,12-13H2,1-5H3. The summed E-state index contributed by atoms with van der Waals surface area (Å²) in [6.07, 6.45) is 4.41. The molecule has 25 heavy (non-hydrogen) atoms. The fourth-order valence-electron chi connectivity index (χ4n) is 2.91. The van der Waals surface area contributed by atoms with Crippen molar-refractivity contribution in [3.05, 3.63) is 40.8 Å². The first-order valence-electron chi connectivity index (χ1n) is 8.69. The molecule has 0 atom stereocenters. The molecule has 0 saturated heterocycles. The molecule has 0 fully saturated rings. The van der Waals surface area contributed by atoms with Gasteiger partial charge >= 0.3 is 0 Å². The van der Waals surface area contributed by atoms with Gasteiger partial charge in [0.15, 0.2) is 5.03 Å². The van der Waals surface area contributed by atoms with Crippen LogP contribution >= 0.6 is 0 Å². The van der Waals surface area contributed by atoms with Gasteiger partial charge in [0.05, 0.1) is 5.69 Å². The van der Waals surface area contributed by atoms with Gasteiger partial charge in [-0.1, -0.05) is 25.8 Å². The molecule has 0 aliphatic carbocycles. The Balaban J connectivity index is 2.40. The van der Waals surface area contributed by atoms with E-state index in [4.69, 9.17) is 0 Å². The van der Waals surface area contributed by atoms with Gasteiger partial charge in [-0.05, 0) is 38.8 Å². The lowest BCUT2D eigenvalue weighted by Crippen LogP contribution is -2.33. The Kier molecular flexibility index (Phi) is 6.35. The summed E-state index contributed by atoms with van der Waals surface area (Å²) >= 11 is 0. The SMILES string of the molecule is CCCCCN(Cc1c(C)nn(C)c1C)S(=O)(=O)c1ncccc1C. The Bertz CT molecular complexity index is 828. The zero-order chi connectivity index (χ0) is 18.6. The van der Waals surface area contributed by atoms with Crippen LogP contribution in [0.15, 0.2) is 23.4 Å². The van der Waals surface area contributed by atoms with E-state index in [1.54, 1.807) is 28.0 Å². The van der Waals surface area contributed by atoms with Crippen LogP contribution < -0.4 is 0 Å². The molecule has 0 unspecified atom stereocenters. The van der Waals surface area contributed by atoms with E-state index in [0.29, 0.717) is 18.7 Å². The molecule has 0 aliphatic heterocycles. The fourth-order valence-corrected chi connectivity index (χ4v) is 4.49. The number of nitrogens with zero attached hydrogens (tertiary/aromatic N) is 4. The van der Waals surface area contributed by atoms with E-state index in [9.17, 15) is 8.42 Å². The van der Waals surface area contributed by atoms with Gasteiger partial charge in [0.25, 0.3) is 10.0 Å². The average Bonchev–Trinajstić information content (AvgIpc) is 2.80. The van der Waals surface area contributed by atoms with Gasteiger partial charge in [0, 0.05) is 37.6 Å². The molecular weight excluding hydrogens is 336 g/mol. The van der Waals surface area contributed by atoms with Gasteiger partial charge in [-0.3, -0.25) is 4.68 Å². The Morgan fingerprint density at radius 1 is 1.20 bits per heavy atom. The summed E-state index contributed by atoms with van der Waals surface area (Å²) in [5.41, 5.74) is 3.50. The summed E-state index contributed by atoms with van der Waals surface area (Å²) in [6, 6.07) is 3.54. The van der Waals surface area contributed by atoms with Crippen LogP contribution in [0.25, 0.3) is 0 Å². The maximum absolute atomic E-state index is 13.2. The maximum atomic E-state index is 13.2. The van der Waals surface area contributed by atoms with Crippen molar-refractivity contribution in [2.75, 3.05) is 6.54 Å². The summed E-state index contributed by atoms with van der Waals surface area (Å²) in [4.78, 5) is 4.14. The zero-order valence-electron chi connectivity index (χ0n) is 15.8. The number of hydrogen-bond acceptors (Lipinski definition) is 4. The van der Waals surface area contributed by atoms with Crippen LogP contribution in [0.1, 0.15) is 48.7 Å². The molecule has 138 valence electrons. The molecule has 0 bridgehead atoms. The number of aryl methyl sites for hydroxylation is 3. The molecule has 0 aromatic carbocycles. The second-order valence-corrected chi connectivity index (χ2v) is 8.30. The van der Waals surface area contributed by atoms with E-state index in [1.165, 1.54) is 6.20 Å². The minimum absolute atomic E-state index is 0.144. The molecule has 2 rings (SSSR count). The van der Waals surface area contributed by atoms with Crippen LogP contribution in [0.2, 0.25) is 0 Å². The average molecular weight is 365 g/mol. The van der Waals surface area contributed by atoms with E-state index in [0.717, 1.165) is 36.2 Å². The van der Waals surface area contributed by atoms with Crippen molar-refractivity contribution in [3.63, 3.8) is 0 Å². The van der Waals surface area contributed by atoms with E-state index in [1.807, 2.05) is 20.9 Å². The van der Waals surface area contributed by atoms with Crippen LogP contribution in [-0.4, -0.2) is 34.0 Å². The number of aromatic nitrogens is 3. The number of rotatable bonds is 8. The quantitative estimate of drug-likeness (QED) is 0.675. The summed E-state index contributed by atoms with van der Waals surface area (Å²) < 4.78 is 29.8. The molecule has 0 radical (unpaired) electrons. The molecule has 2 aromatic heterocycles. The van der Waals surface area contributed by atoms with E-state index in [2.05, 4.69) is 17.0 Å². The Hall–Kier alpha value is -1.73. The summed E-state index contributed by atoms with van der Waals surface area (Å²) in [7, 11) is -1.77. The lowest BCUT2D eigenvalue weighted by atomic mass is 10.2. The van der Waals surface area contributed by atoms with E-state index in [-0.39, 0.29) is 5.03 Å². The third-order valence-corrected chi connectivity index (χ3v) is 6.46. The van der Waals surface area contributed by atoms with Crippen molar-refractivity contribution >= 4 is 10.0 Å². The second-order valence-electron chi connectivity index (χ2n) is 6.44. The molecular formula is C18H28N4O2S. The van der Waals surface area contributed by atoms with Crippen LogP contribution in [0.3, 0.4) is 0 Å². The Labute approximate surface area is 150 Å². The lowest BCUT2D eigenvalue weighted by molar-refractivity contribution is 0.391. The highest BCUT2D eigenvalue weighted by molar-refractivity contribution is 7.89. The third kappa shape index (κ3) is 4.27. The number of sulfonamides is 1. The van der Waals surface area contributed by atoms with Gasteiger partial charge in [-0.2, -0.15) is 9.40 Å². The number of unbranched alkanes of at least 4 members (excludes halogenated alkanes) is 2. The van der Waals surface area contributed by atoms with Crippen LogP contribution in [0, 0.1) is 20.8 Å². The highest BCUT2D eigenvalue weighted by Crippen LogP contribution is 2.23. The fraction of sp³-hybridized carbons (Fsp3) is 0.556. The van der Waals surface area contributed by atoms with Crippen molar-refractivity contribution < 1.29 is 8.42 Å². The van der Waals surface area contributed by atoms with Gasteiger partial charge < -0.3 is 0 Å². The topological polar surface area (TPSA) is 68.1 Å². The van der Waals surface area contributed by atoms with Crippen molar-refractivity contribution in [1.82, 2.24) is 19.1 Å². The molecule has 0 aliphatic rings. The first-order valence-corrected chi connectivity index (χ1v) is 10.1. The molecule has 7 heteroatoms. The van der Waals surface area contributed by atoms with Crippen LogP contribution in [-0.2, 0) is 23.6 Å². The molecule has 0 amide bonds. The van der Waals surface area contributed by atoms with Crippen LogP contribution in [0.5, 0.6) is 0 Å². The number of hydrogen-bond donors (Lipinski definition) is 0. The molecule has 0 saturated carbocycles. The summed E-state index contributed by atoms with van der Waals surface area (Å²) in [6.45, 7) is 8.60. The van der Waals surface area contributed by atoms with Gasteiger partial charge in [-0.25, -0.2) is 13.4 Å². The molecule has 2 aromatic rings. The third-order valence-electron chi connectivity index (χ3n) is 4.55. The Morgan fingerprint density at radius 2 is 1.92 bits per heavy atom. The van der Waals surface area contributed by atoms with Crippen molar-refractivity contribution in [2.24, 2.45) is 7.05 Å². The van der Waals surface area contributed by atoms with Gasteiger partial charge in [0.1, 0.15) is 0 Å². The van der Waals surface area contributed by atoms with Crippen molar-refractivity contribution in [1.29, 1.82) is 0 Å². The summed E-state index contributed by atoms with van der Waals surface area (Å²) in [5.74, 6) is 0. The van der Waals surface area contributed by atoms with Crippen molar-refractivity contribution in [2.45, 2.75) is 58.5 Å². The highest BCUT2D eigenvalue weighted by atomic mass is 32.2. The van der Waals surface area contributed by atoms with E-state index < -0.39 is 10.0 Å². The first kappa shape index (κ1) is 19.6. The molecule has 6 nitrogen and oxygen atoms in total. The maximum Gasteiger partial charge on any atom is 0.261 e. The van der Waals surface area contributed by atoms with Crippen molar-refractivity contribution in [3.8, 4) is 0 Å². The monoisotopic (exact) mass is 364 g/mol. The first-order chi connectivity index (χ1) is 11.8. The summed E-state index contributed by atoms with van der Waals surface area (Å²) in [5, 5.41) is 4.56. The number of pyridine rings is 1. The van der Waals surface area contributed by atoms with E-state index >= 15 is 0 Å². The Morgan fingerprint density at radius 3 is 2.48 bits per heavy atom.